The summed E-state index contributed by atoms with van der Waals surface area (Å²) >= 11 is 0. The maximum atomic E-state index is 12.7. The number of rotatable bonds is 5. The third-order valence-corrected chi connectivity index (χ3v) is 5.60. The van der Waals surface area contributed by atoms with Gasteiger partial charge in [0.25, 0.3) is 5.91 Å². The zero-order valence-electron chi connectivity index (χ0n) is 20.9. The lowest BCUT2D eigenvalue weighted by molar-refractivity contribution is -0.117. The van der Waals surface area contributed by atoms with Gasteiger partial charge in [-0.2, -0.15) is 5.10 Å². The Morgan fingerprint density at radius 2 is 2.00 bits per heavy atom. The van der Waals surface area contributed by atoms with Gasteiger partial charge >= 0.3 is 5.69 Å². The maximum absolute atomic E-state index is 12.7. The van der Waals surface area contributed by atoms with E-state index in [-0.39, 0.29) is 34.7 Å². The van der Waals surface area contributed by atoms with Crippen LogP contribution in [0.3, 0.4) is 0 Å². The van der Waals surface area contributed by atoms with E-state index < -0.39 is 12.9 Å². The molecule has 0 unspecified atom stereocenters. The number of para-hydroxylation sites is 1. The summed E-state index contributed by atoms with van der Waals surface area (Å²) < 4.78 is 24.9. The molecule has 3 aromatic rings. The third-order valence-electron chi connectivity index (χ3n) is 5.60. The Morgan fingerprint density at radius 1 is 1.18 bits per heavy atom. The number of anilines is 4. The number of hydrogen-bond acceptors (Lipinski definition) is 8. The molecular formula is C21H23N9O3. The van der Waals surface area contributed by atoms with Gasteiger partial charge in [0.15, 0.2) is 17.3 Å². The van der Waals surface area contributed by atoms with Gasteiger partial charge in [-0.1, -0.05) is 6.07 Å². The highest BCUT2D eigenvalue weighted by atomic mass is 16.2. The minimum absolute atomic E-state index is 0.0801. The molecule has 12 nitrogen and oxygen atoms in total. The molecule has 1 aromatic carbocycles. The number of carbonyl (C=O) groups excluding carboxylic acids is 2. The Labute approximate surface area is 192 Å². The number of nitrogens with one attached hydrogen (secondary N) is 3. The Morgan fingerprint density at radius 3 is 2.76 bits per heavy atom. The SMILES string of the molecule is [2H]C([2H])([2H])NC(=O)c1nnc(NC(=O)C2CC2)cc1Nc1cccc2c1N(C)Cc1nn(C)c(=O)n1-2. The van der Waals surface area contributed by atoms with Crippen molar-refractivity contribution in [2.24, 2.45) is 13.0 Å². The lowest BCUT2D eigenvalue weighted by Gasteiger charge is -2.29. The summed E-state index contributed by atoms with van der Waals surface area (Å²) in [5, 5.41) is 19.8. The number of aromatic nitrogens is 5. The van der Waals surface area contributed by atoms with Crippen molar-refractivity contribution in [1.29, 1.82) is 0 Å². The molecule has 1 aliphatic carbocycles. The van der Waals surface area contributed by atoms with Crippen LogP contribution in [0.25, 0.3) is 5.69 Å². The largest absolute Gasteiger partial charge is 0.364 e. The molecule has 2 amide bonds. The van der Waals surface area contributed by atoms with Gasteiger partial charge in [0.2, 0.25) is 5.91 Å². The summed E-state index contributed by atoms with van der Waals surface area (Å²) in [6.07, 6.45) is 1.59. The maximum Gasteiger partial charge on any atom is 0.350 e. The fourth-order valence-electron chi connectivity index (χ4n) is 3.86. The molecule has 170 valence electrons. The van der Waals surface area contributed by atoms with Crippen molar-refractivity contribution in [3.05, 3.63) is 46.3 Å². The van der Waals surface area contributed by atoms with Crippen LogP contribution in [0.5, 0.6) is 0 Å². The first-order chi connectivity index (χ1) is 17.0. The first-order valence-corrected chi connectivity index (χ1v) is 10.3. The van der Waals surface area contributed by atoms with Gasteiger partial charge in [-0.05, 0) is 25.0 Å². The van der Waals surface area contributed by atoms with E-state index in [9.17, 15) is 14.4 Å². The molecular weight excluding hydrogens is 426 g/mol. The molecule has 0 spiro atoms. The van der Waals surface area contributed by atoms with Crippen LogP contribution in [-0.2, 0) is 18.4 Å². The Hall–Kier alpha value is -4.22. The lowest BCUT2D eigenvalue weighted by atomic mass is 10.1. The molecule has 1 saturated carbocycles. The fourth-order valence-corrected chi connectivity index (χ4v) is 3.86. The molecule has 1 aliphatic heterocycles. The van der Waals surface area contributed by atoms with E-state index in [0.717, 1.165) is 12.8 Å². The third kappa shape index (κ3) is 3.58. The van der Waals surface area contributed by atoms with Gasteiger partial charge in [0.1, 0.15) is 0 Å². The Kier molecular flexibility index (Phi) is 4.06. The molecule has 3 heterocycles. The minimum atomic E-state index is -2.74. The number of nitrogens with zero attached hydrogens (tertiary/aromatic N) is 6. The standard InChI is InChI=1S/C21H23N9O3/c1-22-20(32)17-13(9-15(25-26-17)24-19(31)11-7-8-11)23-12-5-4-6-14-18(12)28(2)10-16-27-29(3)21(33)30(14)16/h4-6,9,11H,7-8,10H2,1-3H3,(H,22,32)(H2,23,24,25,31)/i1D3. The summed E-state index contributed by atoms with van der Waals surface area (Å²) in [4.78, 5) is 39.5. The predicted octanol–water partition coefficient (Wildman–Crippen LogP) is 0.762. The average Bonchev–Trinajstić information content (AvgIpc) is 3.59. The van der Waals surface area contributed by atoms with Gasteiger partial charge in [-0.15, -0.1) is 10.2 Å². The van der Waals surface area contributed by atoms with Crippen LogP contribution >= 0.6 is 0 Å². The van der Waals surface area contributed by atoms with Crippen molar-refractivity contribution in [1.82, 2.24) is 29.9 Å². The number of fused-ring (bicyclic) bond motifs is 3. The summed E-state index contributed by atoms with van der Waals surface area (Å²) in [7, 11) is 3.41. The molecule has 0 atom stereocenters. The molecule has 33 heavy (non-hydrogen) atoms. The van der Waals surface area contributed by atoms with E-state index in [2.05, 4.69) is 25.9 Å². The molecule has 1 fully saturated rings. The van der Waals surface area contributed by atoms with Crippen molar-refractivity contribution in [3.63, 3.8) is 0 Å². The highest BCUT2D eigenvalue weighted by Gasteiger charge is 2.30. The van der Waals surface area contributed by atoms with E-state index in [1.807, 2.05) is 17.3 Å². The highest BCUT2D eigenvalue weighted by molar-refractivity contribution is 6.00. The smallest absolute Gasteiger partial charge is 0.350 e. The second-order valence-electron chi connectivity index (χ2n) is 8.02. The van der Waals surface area contributed by atoms with Crippen LogP contribution < -0.4 is 26.5 Å². The highest BCUT2D eigenvalue weighted by Crippen LogP contribution is 2.38. The molecule has 0 bridgehead atoms. The molecule has 5 rings (SSSR count). The van der Waals surface area contributed by atoms with Crippen LogP contribution in [0.1, 0.15) is 33.3 Å². The van der Waals surface area contributed by atoms with E-state index in [0.29, 0.717) is 29.4 Å². The zero-order valence-corrected chi connectivity index (χ0v) is 17.9. The predicted molar refractivity (Wildman–Crippen MR) is 121 cm³/mol. The number of amides is 2. The Bertz CT molecular complexity index is 1440. The quantitative estimate of drug-likeness (QED) is 0.516. The first kappa shape index (κ1) is 17.3. The van der Waals surface area contributed by atoms with E-state index in [1.165, 1.54) is 15.3 Å². The first-order valence-electron chi connectivity index (χ1n) is 11.8. The second kappa shape index (κ2) is 7.73. The molecule has 0 saturated heterocycles. The van der Waals surface area contributed by atoms with Crippen molar-refractivity contribution in [2.75, 3.05) is 29.6 Å². The average molecular weight is 452 g/mol. The minimum Gasteiger partial charge on any atom is -0.364 e. The summed E-state index contributed by atoms with van der Waals surface area (Å²) in [6.45, 7) is -2.38. The topological polar surface area (TPSA) is 139 Å². The van der Waals surface area contributed by atoms with Gasteiger partial charge in [-0.3, -0.25) is 9.59 Å². The van der Waals surface area contributed by atoms with Gasteiger partial charge in [0, 0.05) is 37.2 Å². The molecule has 2 aliphatic rings. The number of carbonyl (C=O) groups is 2. The monoisotopic (exact) mass is 452 g/mol. The van der Waals surface area contributed by atoms with Gasteiger partial charge in [-0.25, -0.2) is 14.0 Å². The van der Waals surface area contributed by atoms with Crippen LogP contribution in [0, 0.1) is 5.92 Å². The normalized spacial score (nSPS) is 16.1. The van der Waals surface area contributed by atoms with Gasteiger partial charge < -0.3 is 20.9 Å². The summed E-state index contributed by atoms with van der Waals surface area (Å²) in [5.74, 6) is -0.556. The summed E-state index contributed by atoms with van der Waals surface area (Å²) in [5.41, 5.74) is 1.31. The van der Waals surface area contributed by atoms with Crippen LogP contribution in [0.2, 0.25) is 0 Å². The van der Waals surface area contributed by atoms with Gasteiger partial charge in [0.05, 0.1) is 29.3 Å². The zero-order chi connectivity index (χ0) is 25.8. The lowest BCUT2D eigenvalue weighted by Crippen LogP contribution is -2.31. The number of aryl methyl sites for hydroxylation is 1. The molecule has 3 N–H and O–H groups in total. The molecule has 2 aromatic heterocycles. The second-order valence-corrected chi connectivity index (χ2v) is 8.02. The van der Waals surface area contributed by atoms with Crippen molar-refractivity contribution in [3.8, 4) is 5.69 Å². The van der Waals surface area contributed by atoms with E-state index >= 15 is 0 Å². The van der Waals surface area contributed by atoms with Crippen molar-refractivity contribution >= 4 is 34.7 Å². The van der Waals surface area contributed by atoms with E-state index in [4.69, 9.17) is 4.11 Å². The summed E-state index contributed by atoms with van der Waals surface area (Å²) in [6, 6.07) is 6.68. The van der Waals surface area contributed by atoms with Crippen molar-refractivity contribution in [2.45, 2.75) is 19.4 Å². The Balaban J connectivity index is 1.57. The van der Waals surface area contributed by atoms with E-state index in [1.54, 1.807) is 25.2 Å². The number of hydrogen-bond donors (Lipinski definition) is 3. The molecule has 12 heteroatoms. The van der Waals surface area contributed by atoms with Crippen LogP contribution in [-0.4, -0.2) is 50.4 Å². The fraction of sp³-hybridized carbons (Fsp3) is 0.333. The van der Waals surface area contributed by atoms with Crippen LogP contribution in [0.15, 0.2) is 29.1 Å². The molecule has 0 radical (unpaired) electrons. The van der Waals surface area contributed by atoms with Crippen LogP contribution in [0.4, 0.5) is 22.9 Å². The van der Waals surface area contributed by atoms with Crippen molar-refractivity contribution < 1.29 is 13.7 Å². The number of benzene rings is 1.